The summed E-state index contributed by atoms with van der Waals surface area (Å²) in [6.45, 7) is 0. The van der Waals surface area contributed by atoms with E-state index in [4.69, 9.17) is 0 Å². The molecule has 0 fully saturated rings. The first kappa shape index (κ1) is 13.1. The molecule has 0 N–H and O–H groups in total. The van der Waals surface area contributed by atoms with Gasteiger partial charge in [-0.05, 0) is 41.5 Å². The number of rotatable bonds is 2. The summed E-state index contributed by atoms with van der Waals surface area (Å²) in [4.78, 5) is 0. The quantitative estimate of drug-likeness (QED) is 0.527. The fraction of sp³-hybridized carbons (Fsp3) is 0. The Labute approximate surface area is 123 Å². The van der Waals surface area contributed by atoms with Gasteiger partial charge < -0.3 is 0 Å². The van der Waals surface area contributed by atoms with Gasteiger partial charge in [-0.2, -0.15) is 5.26 Å². The van der Waals surface area contributed by atoms with Crippen LogP contribution in [0.3, 0.4) is 0 Å². The van der Waals surface area contributed by atoms with Gasteiger partial charge in [0.05, 0.1) is 11.6 Å². The van der Waals surface area contributed by atoms with Crippen LogP contribution in [0.25, 0.3) is 11.6 Å². The summed E-state index contributed by atoms with van der Waals surface area (Å²) < 4.78 is 2.04. The molecule has 0 saturated carbocycles. The Morgan fingerprint density at radius 2 is 1.39 bits per heavy atom. The summed E-state index contributed by atoms with van der Waals surface area (Å²) in [5, 5.41) is 9.23. The maximum absolute atomic E-state index is 9.23. The standard InChI is InChI=1S/C15H9Br2N/c16-14-5-1-11(2-6-14)9-13(10-18)12-3-7-15(17)8-4-12/h1-9H. The molecular weight excluding hydrogens is 354 g/mol. The van der Waals surface area contributed by atoms with E-state index < -0.39 is 0 Å². The fourth-order valence-electron chi connectivity index (χ4n) is 1.54. The van der Waals surface area contributed by atoms with Gasteiger partial charge in [0.25, 0.3) is 0 Å². The predicted molar refractivity (Wildman–Crippen MR) is 81.8 cm³/mol. The zero-order valence-corrected chi connectivity index (χ0v) is 12.6. The Morgan fingerprint density at radius 1 is 0.889 bits per heavy atom. The number of benzene rings is 2. The van der Waals surface area contributed by atoms with E-state index >= 15 is 0 Å². The molecule has 0 bridgehead atoms. The molecule has 0 aromatic heterocycles. The van der Waals surface area contributed by atoms with Crippen molar-refractivity contribution in [3.05, 3.63) is 68.6 Å². The summed E-state index contributed by atoms with van der Waals surface area (Å²) >= 11 is 6.77. The minimum atomic E-state index is 0.657. The number of halogens is 2. The lowest BCUT2D eigenvalue weighted by atomic mass is 10.0. The van der Waals surface area contributed by atoms with E-state index in [9.17, 15) is 5.26 Å². The van der Waals surface area contributed by atoms with Crippen LogP contribution in [0.4, 0.5) is 0 Å². The minimum Gasteiger partial charge on any atom is -0.192 e. The second-order valence-electron chi connectivity index (χ2n) is 3.73. The van der Waals surface area contributed by atoms with Crippen molar-refractivity contribution >= 4 is 43.5 Å². The molecule has 0 aliphatic heterocycles. The maximum Gasteiger partial charge on any atom is 0.0998 e. The van der Waals surface area contributed by atoms with E-state index in [0.29, 0.717) is 5.57 Å². The van der Waals surface area contributed by atoms with E-state index in [-0.39, 0.29) is 0 Å². The van der Waals surface area contributed by atoms with Gasteiger partial charge in [-0.1, -0.05) is 56.1 Å². The van der Waals surface area contributed by atoms with Crippen LogP contribution in [0.15, 0.2) is 57.5 Å². The molecule has 2 aromatic rings. The van der Waals surface area contributed by atoms with E-state index in [1.165, 1.54) is 0 Å². The van der Waals surface area contributed by atoms with Crippen molar-refractivity contribution in [1.82, 2.24) is 0 Å². The van der Waals surface area contributed by atoms with Crippen LogP contribution in [-0.4, -0.2) is 0 Å². The Bertz CT molecular complexity index is 604. The van der Waals surface area contributed by atoms with Crippen LogP contribution in [-0.2, 0) is 0 Å². The van der Waals surface area contributed by atoms with Crippen LogP contribution in [0, 0.1) is 11.3 Å². The molecule has 3 heteroatoms. The highest BCUT2D eigenvalue weighted by Crippen LogP contribution is 2.21. The third-order valence-electron chi connectivity index (χ3n) is 2.46. The van der Waals surface area contributed by atoms with Gasteiger partial charge in [-0.25, -0.2) is 0 Å². The molecule has 0 radical (unpaired) electrons. The number of hydrogen-bond donors (Lipinski definition) is 0. The average Bonchev–Trinajstić information content (AvgIpc) is 2.39. The van der Waals surface area contributed by atoms with Gasteiger partial charge in [0.2, 0.25) is 0 Å². The summed E-state index contributed by atoms with van der Waals surface area (Å²) in [7, 11) is 0. The lowest BCUT2D eigenvalue weighted by Gasteiger charge is -2.00. The Balaban J connectivity index is 2.37. The second kappa shape index (κ2) is 5.99. The molecule has 0 heterocycles. The lowest BCUT2D eigenvalue weighted by molar-refractivity contribution is 1.52. The van der Waals surface area contributed by atoms with Gasteiger partial charge in [-0.15, -0.1) is 0 Å². The molecular formula is C15H9Br2N. The third-order valence-corrected chi connectivity index (χ3v) is 3.51. The van der Waals surface area contributed by atoms with Gasteiger partial charge in [0.1, 0.15) is 0 Å². The van der Waals surface area contributed by atoms with E-state index in [0.717, 1.165) is 20.1 Å². The number of nitriles is 1. The molecule has 0 atom stereocenters. The molecule has 18 heavy (non-hydrogen) atoms. The predicted octanol–water partition coefficient (Wildman–Crippen LogP) is 5.28. The SMILES string of the molecule is N#CC(=Cc1ccc(Br)cc1)c1ccc(Br)cc1. The van der Waals surface area contributed by atoms with Gasteiger partial charge in [0, 0.05) is 8.95 Å². The Kier molecular flexibility index (Phi) is 4.35. The van der Waals surface area contributed by atoms with Crippen molar-refractivity contribution in [3.8, 4) is 6.07 Å². The molecule has 0 spiro atoms. The molecule has 2 rings (SSSR count). The van der Waals surface area contributed by atoms with Crippen molar-refractivity contribution in [2.24, 2.45) is 0 Å². The highest BCUT2D eigenvalue weighted by Gasteiger charge is 2.00. The van der Waals surface area contributed by atoms with Crippen LogP contribution < -0.4 is 0 Å². The van der Waals surface area contributed by atoms with Crippen LogP contribution in [0.2, 0.25) is 0 Å². The van der Waals surface area contributed by atoms with Gasteiger partial charge >= 0.3 is 0 Å². The summed E-state index contributed by atoms with van der Waals surface area (Å²) in [6, 6.07) is 17.8. The first-order valence-corrected chi connectivity index (χ1v) is 6.91. The molecule has 88 valence electrons. The van der Waals surface area contributed by atoms with Gasteiger partial charge in [0.15, 0.2) is 0 Å². The monoisotopic (exact) mass is 361 g/mol. The Hall–Kier alpha value is -1.37. The highest BCUT2D eigenvalue weighted by molar-refractivity contribution is 9.10. The summed E-state index contributed by atoms with van der Waals surface area (Å²) in [5.74, 6) is 0. The molecule has 1 nitrogen and oxygen atoms in total. The van der Waals surface area contributed by atoms with Crippen molar-refractivity contribution < 1.29 is 0 Å². The zero-order valence-electron chi connectivity index (χ0n) is 9.40. The maximum atomic E-state index is 9.23. The fourth-order valence-corrected chi connectivity index (χ4v) is 2.06. The zero-order chi connectivity index (χ0) is 13.0. The smallest absolute Gasteiger partial charge is 0.0998 e. The van der Waals surface area contributed by atoms with Crippen LogP contribution in [0.1, 0.15) is 11.1 Å². The minimum absolute atomic E-state index is 0.657. The first-order valence-electron chi connectivity index (χ1n) is 5.32. The van der Waals surface area contributed by atoms with Gasteiger partial charge in [-0.3, -0.25) is 0 Å². The molecule has 0 unspecified atom stereocenters. The topological polar surface area (TPSA) is 23.8 Å². The highest BCUT2D eigenvalue weighted by atomic mass is 79.9. The molecule has 0 saturated heterocycles. The van der Waals surface area contributed by atoms with E-state index in [1.807, 2.05) is 54.6 Å². The van der Waals surface area contributed by atoms with Crippen LogP contribution in [0.5, 0.6) is 0 Å². The third kappa shape index (κ3) is 3.32. The molecule has 0 aliphatic carbocycles. The lowest BCUT2D eigenvalue weighted by Crippen LogP contribution is -1.81. The van der Waals surface area contributed by atoms with Crippen LogP contribution >= 0.6 is 31.9 Å². The number of nitrogens with zero attached hydrogens (tertiary/aromatic N) is 1. The number of hydrogen-bond acceptors (Lipinski definition) is 1. The van der Waals surface area contributed by atoms with Crippen molar-refractivity contribution in [1.29, 1.82) is 5.26 Å². The summed E-state index contributed by atoms with van der Waals surface area (Å²) in [5.41, 5.74) is 2.59. The summed E-state index contributed by atoms with van der Waals surface area (Å²) in [6.07, 6.45) is 1.88. The molecule has 2 aromatic carbocycles. The first-order chi connectivity index (χ1) is 8.69. The second-order valence-corrected chi connectivity index (χ2v) is 5.56. The normalized spacial score (nSPS) is 11.1. The van der Waals surface area contributed by atoms with Crippen molar-refractivity contribution in [3.63, 3.8) is 0 Å². The Morgan fingerprint density at radius 3 is 1.89 bits per heavy atom. The number of allylic oxidation sites excluding steroid dienone is 1. The average molecular weight is 363 g/mol. The van der Waals surface area contributed by atoms with Crippen molar-refractivity contribution in [2.45, 2.75) is 0 Å². The van der Waals surface area contributed by atoms with Crippen molar-refractivity contribution in [2.75, 3.05) is 0 Å². The largest absolute Gasteiger partial charge is 0.192 e. The molecule has 0 amide bonds. The van der Waals surface area contributed by atoms with E-state index in [2.05, 4.69) is 37.9 Å². The molecule has 0 aliphatic rings. The van der Waals surface area contributed by atoms with E-state index in [1.54, 1.807) is 0 Å².